The lowest BCUT2D eigenvalue weighted by atomic mass is 9.89. The molecule has 3 aromatic rings. The zero-order chi connectivity index (χ0) is 24.7. The van der Waals surface area contributed by atoms with Crippen LogP contribution in [0.25, 0.3) is 0 Å². The van der Waals surface area contributed by atoms with Gasteiger partial charge in [0.25, 0.3) is 0 Å². The summed E-state index contributed by atoms with van der Waals surface area (Å²) < 4.78 is 98.0. The number of aliphatic hydroxyl groups is 1. The van der Waals surface area contributed by atoms with Crippen molar-refractivity contribution in [1.82, 2.24) is 0 Å². The lowest BCUT2D eigenvalue weighted by Gasteiger charge is -2.31. The standard InChI is InChI=1S/C24H16F7NO2/c25-18-6-1-14(2-7-18)21-20-10-5-17(11-15(20)12-32-21)22(33,24(29,30)31)13-34-19-8-3-16(4-9-19)23(26,27)28/h1-12,21,33H,13H2. The van der Waals surface area contributed by atoms with Crippen molar-refractivity contribution in [2.45, 2.75) is 24.0 Å². The van der Waals surface area contributed by atoms with Gasteiger partial charge in [0.15, 0.2) is 0 Å². The molecule has 0 aromatic heterocycles. The summed E-state index contributed by atoms with van der Waals surface area (Å²) in [5.41, 5.74) is -3.39. The molecule has 0 bridgehead atoms. The predicted molar refractivity (Wildman–Crippen MR) is 109 cm³/mol. The molecule has 3 aromatic carbocycles. The summed E-state index contributed by atoms with van der Waals surface area (Å²) in [6.45, 7) is -1.28. The molecule has 0 spiro atoms. The number of ether oxygens (including phenoxy) is 1. The second-order valence-electron chi connectivity index (χ2n) is 7.74. The highest BCUT2D eigenvalue weighted by atomic mass is 19.4. The fraction of sp³-hybridized carbons (Fsp3) is 0.208. The smallest absolute Gasteiger partial charge is 0.424 e. The van der Waals surface area contributed by atoms with Gasteiger partial charge in [-0.05, 0) is 64.7 Å². The molecule has 1 N–H and O–H groups in total. The second kappa shape index (κ2) is 8.43. The molecule has 2 atom stereocenters. The number of alkyl halides is 6. The molecule has 1 heterocycles. The maximum Gasteiger partial charge on any atom is 0.424 e. The van der Waals surface area contributed by atoms with Gasteiger partial charge in [-0.25, -0.2) is 4.39 Å². The van der Waals surface area contributed by atoms with Gasteiger partial charge in [0.05, 0.1) is 5.56 Å². The van der Waals surface area contributed by atoms with E-state index in [-0.39, 0.29) is 5.75 Å². The van der Waals surface area contributed by atoms with Crippen molar-refractivity contribution in [1.29, 1.82) is 0 Å². The minimum absolute atomic E-state index is 0.269. The molecule has 1 aliphatic rings. The first-order valence-corrected chi connectivity index (χ1v) is 9.91. The average Bonchev–Trinajstić information content (AvgIpc) is 3.20. The van der Waals surface area contributed by atoms with E-state index in [1.165, 1.54) is 36.5 Å². The Morgan fingerprint density at radius 1 is 0.824 bits per heavy atom. The van der Waals surface area contributed by atoms with Gasteiger partial charge in [0.1, 0.15) is 24.2 Å². The van der Waals surface area contributed by atoms with Crippen LogP contribution in [-0.2, 0) is 11.8 Å². The second-order valence-corrected chi connectivity index (χ2v) is 7.74. The van der Waals surface area contributed by atoms with E-state index in [2.05, 4.69) is 4.99 Å². The first-order chi connectivity index (χ1) is 15.9. The molecule has 34 heavy (non-hydrogen) atoms. The van der Waals surface area contributed by atoms with Crippen molar-refractivity contribution in [2.24, 2.45) is 4.99 Å². The van der Waals surface area contributed by atoms with Crippen LogP contribution in [0.4, 0.5) is 30.7 Å². The zero-order valence-corrected chi connectivity index (χ0v) is 17.2. The third kappa shape index (κ3) is 4.50. The van der Waals surface area contributed by atoms with E-state index in [0.29, 0.717) is 28.8 Å². The molecule has 10 heteroatoms. The quantitative estimate of drug-likeness (QED) is 0.440. The Bertz CT molecular complexity index is 1200. The van der Waals surface area contributed by atoms with Crippen LogP contribution < -0.4 is 4.74 Å². The fourth-order valence-corrected chi connectivity index (χ4v) is 3.60. The third-order valence-electron chi connectivity index (χ3n) is 5.51. The molecular formula is C24H16F7NO2. The van der Waals surface area contributed by atoms with Crippen LogP contribution in [0.15, 0.2) is 71.7 Å². The van der Waals surface area contributed by atoms with E-state index < -0.39 is 47.5 Å². The van der Waals surface area contributed by atoms with Gasteiger partial charge in [-0.1, -0.05) is 24.3 Å². The molecule has 2 unspecified atom stereocenters. The molecule has 1 aliphatic heterocycles. The number of hydrogen-bond donors (Lipinski definition) is 1. The van der Waals surface area contributed by atoms with Gasteiger partial charge in [0.2, 0.25) is 5.60 Å². The Kier molecular flexibility index (Phi) is 5.89. The molecule has 0 fully saturated rings. The molecule has 0 radical (unpaired) electrons. The van der Waals surface area contributed by atoms with Crippen LogP contribution >= 0.6 is 0 Å². The maximum atomic E-state index is 13.9. The molecule has 178 valence electrons. The molecule has 4 rings (SSSR count). The molecule has 3 nitrogen and oxygen atoms in total. The SMILES string of the molecule is OC(COc1ccc(C(F)(F)F)cc1)(c1ccc2c(c1)C=NC2c1ccc(F)cc1)C(F)(F)F. The van der Waals surface area contributed by atoms with Crippen molar-refractivity contribution in [3.8, 4) is 5.75 Å². The third-order valence-corrected chi connectivity index (χ3v) is 5.51. The van der Waals surface area contributed by atoms with E-state index in [1.54, 1.807) is 0 Å². The van der Waals surface area contributed by atoms with Crippen molar-refractivity contribution in [2.75, 3.05) is 6.61 Å². The van der Waals surface area contributed by atoms with E-state index in [4.69, 9.17) is 4.74 Å². The van der Waals surface area contributed by atoms with E-state index >= 15 is 0 Å². The summed E-state index contributed by atoms with van der Waals surface area (Å²) in [5, 5.41) is 10.6. The highest BCUT2D eigenvalue weighted by Gasteiger charge is 2.56. The summed E-state index contributed by atoms with van der Waals surface area (Å²) in [6, 6.07) is 11.7. The van der Waals surface area contributed by atoms with Gasteiger partial charge < -0.3 is 9.84 Å². The molecule has 0 aliphatic carbocycles. The first kappa shape index (κ1) is 23.7. The lowest BCUT2D eigenvalue weighted by Crippen LogP contribution is -2.47. The molecule has 0 amide bonds. The molecule has 0 saturated heterocycles. The number of halogens is 7. The first-order valence-electron chi connectivity index (χ1n) is 9.91. The van der Waals surface area contributed by atoms with Crippen molar-refractivity contribution >= 4 is 6.21 Å². The van der Waals surface area contributed by atoms with Crippen LogP contribution in [0, 0.1) is 5.82 Å². The highest BCUT2D eigenvalue weighted by molar-refractivity contribution is 5.86. The van der Waals surface area contributed by atoms with Crippen molar-refractivity contribution in [3.05, 3.63) is 100 Å². The summed E-state index contributed by atoms with van der Waals surface area (Å²) in [5.74, 6) is -0.709. The topological polar surface area (TPSA) is 41.8 Å². The monoisotopic (exact) mass is 483 g/mol. The Hall–Kier alpha value is -3.40. The number of nitrogens with zero attached hydrogens (tertiary/aromatic N) is 1. The number of hydrogen-bond acceptors (Lipinski definition) is 3. The summed E-state index contributed by atoms with van der Waals surface area (Å²) in [7, 11) is 0. The Morgan fingerprint density at radius 2 is 1.44 bits per heavy atom. The highest BCUT2D eigenvalue weighted by Crippen LogP contribution is 2.42. The summed E-state index contributed by atoms with van der Waals surface area (Å²) in [6.07, 6.45) is -8.40. The Labute approximate surface area is 189 Å². The lowest BCUT2D eigenvalue weighted by molar-refractivity contribution is -0.275. The predicted octanol–water partition coefficient (Wildman–Crippen LogP) is 6.20. The number of benzene rings is 3. The van der Waals surface area contributed by atoms with Crippen molar-refractivity contribution < 1.29 is 40.6 Å². The minimum atomic E-state index is -5.15. The number of fused-ring (bicyclic) bond motifs is 1. The normalized spacial score (nSPS) is 17.4. The van der Waals surface area contributed by atoms with Crippen LogP contribution in [0.5, 0.6) is 5.75 Å². The van der Waals surface area contributed by atoms with Gasteiger partial charge >= 0.3 is 12.4 Å². The van der Waals surface area contributed by atoms with Crippen LogP contribution in [0.1, 0.15) is 33.9 Å². The van der Waals surface area contributed by atoms with E-state index in [1.807, 2.05) is 0 Å². The van der Waals surface area contributed by atoms with E-state index in [0.717, 1.165) is 24.3 Å². The largest absolute Gasteiger partial charge is 0.490 e. The Morgan fingerprint density at radius 3 is 2.03 bits per heavy atom. The fourth-order valence-electron chi connectivity index (χ4n) is 3.60. The van der Waals surface area contributed by atoms with Gasteiger partial charge in [0, 0.05) is 6.21 Å². The minimum Gasteiger partial charge on any atom is -0.490 e. The Balaban J connectivity index is 1.59. The average molecular weight is 483 g/mol. The number of rotatable bonds is 5. The van der Waals surface area contributed by atoms with Gasteiger partial charge in [-0.2, -0.15) is 26.3 Å². The van der Waals surface area contributed by atoms with E-state index in [9.17, 15) is 35.8 Å². The number of aliphatic imine (C=N–C) groups is 1. The zero-order valence-electron chi connectivity index (χ0n) is 17.2. The maximum absolute atomic E-state index is 13.9. The van der Waals surface area contributed by atoms with Gasteiger partial charge in [-0.3, -0.25) is 4.99 Å². The summed E-state index contributed by atoms with van der Waals surface area (Å²) in [4.78, 5) is 4.28. The van der Waals surface area contributed by atoms with Gasteiger partial charge in [-0.15, -0.1) is 0 Å². The van der Waals surface area contributed by atoms with Crippen LogP contribution in [0.3, 0.4) is 0 Å². The van der Waals surface area contributed by atoms with Crippen LogP contribution in [-0.4, -0.2) is 24.1 Å². The molecular weight excluding hydrogens is 467 g/mol. The van der Waals surface area contributed by atoms with Crippen molar-refractivity contribution in [3.63, 3.8) is 0 Å². The molecule has 0 saturated carbocycles. The van der Waals surface area contributed by atoms with Crippen LogP contribution in [0.2, 0.25) is 0 Å². The summed E-state index contributed by atoms with van der Waals surface area (Å²) >= 11 is 0.